The minimum atomic E-state index is -0.200. The van der Waals surface area contributed by atoms with Gasteiger partial charge in [0.1, 0.15) is 6.10 Å². The van der Waals surface area contributed by atoms with Crippen molar-refractivity contribution in [2.75, 3.05) is 0 Å². The van der Waals surface area contributed by atoms with Gasteiger partial charge in [0.2, 0.25) is 0 Å². The number of allylic oxidation sites excluding steroid dienone is 2. The van der Waals surface area contributed by atoms with E-state index < -0.39 is 0 Å². The number of fused-ring (bicyclic) bond motifs is 4. The Morgan fingerprint density at radius 3 is 2.31 bits per heavy atom. The van der Waals surface area contributed by atoms with Crippen LogP contribution in [0, 0.1) is 45.3 Å². The lowest BCUT2D eigenvalue weighted by Gasteiger charge is -2.61. The van der Waals surface area contributed by atoms with Crippen LogP contribution in [0.3, 0.4) is 0 Å². The summed E-state index contributed by atoms with van der Waals surface area (Å²) in [6.07, 6.45) is 11.1. The van der Waals surface area contributed by atoms with Crippen LogP contribution in [0.1, 0.15) is 127 Å². The standard InChI is InChI=1S/C32H52O3/c1-20(2)11-10-12-21(3)23-13-18-32(9)28-24(14-17-31(23,32)8)30(7)16-15-27(35-22(4)33)29(5,6)26(30)19-25(28)34/h20-21,23,26-27H,10-19H2,1-9H3/t21-,23-,26+,27?,30-,31-,32+/m1/s1. The van der Waals surface area contributed by atoms with Crippen molar-refractivity contribution in [3.8, 4) is 0 Å². The van der Waals surface area contributed by atoms with Gasteiger partial charge < -0.3 is 4.74 Å². The van der Waals surface area contributed by atoms with Crippen LogP contribution in [0.2, 0.25) is 0 Å². The molecule has 0 amide bonds. The SMILES string of the molecule is CC(=O)OC1CC[C@]2(C)C3=C(C(=O)C[C@H]2C1(C)C)[C@]1(C)CC[C@H]([C@H](C)CCCC(C)C)[C@@]1(C)CC3. The maximum Gasteiger partial charge on any atom is 0.302 e. The molecule has 198 valence electrons. The molecule has 0 N–H and O–H groups in total. The number of hydrogen-bond donors (Lipinski definition) is 0. The number of esters is 1. The largest absolute Gasteiger partial charge is 0.462 e. The van der Waals surface area contributed by atoms with Crippen LogP contribution in [0.25, 0.3) is 0 Å². The zero-order valence-corrected chi connectivity index (χ0v) is 24.2. The van der Waals surface area contributed by atoms with Crippen molar-refractivity contribution < 1.29 is 14.3 Å². The molecule has 0 radical (unpaired) electrons. The fourth-order valence-electron chi connectivity index (χ4n) is 9.75. The highest BCUT2D eigenvalue weighted by Gasteiger charge is 2.65. The summed E-state index contributed by atoms with van der Waals surface area (Å²) in [5.74, 6) is 2.66. The number of ketones is 1. The number of carbonyl (C=O) groups excluding carboxylic acids is 2. The van der Waals surface area contributed by atoms with Crippen molar-refractivity contribution in [1.29, 1.82) is 0 Å². The number of Topliss-reactive ketones (excluding diaryl/α,β-unsaturated/α-hetero) is 1. The predicted molar refractivity (Wildman–Crippen MR) is 143 cm³/mol. The molecule has 0 aliphatic heterocycles. The molecule has 1 unspecified atom stereocenters. The van der Waals surface area contributed by atoms with Crippen LogP contribution in [0.15, 0.2) is 11.1 Å². The van der Waals surface area contributed by atoms with Crippen LogP contribution in [-0.2, 0) is 14.3 Å². The number of carbonyl (C=O) groups is 2. The van der Waals surface area contributed by atoms with E-state index in [2.05, 4.69) is 55.4 Å². The molecule has 4 rings (SSSR count). The monoisotopic (exact) mass is 484 g/mol. The molecule has 35 heavy (non-hydrogen) atoms. The van der Waals surface area contributed by atoms with E-state index in [4.69, 9.17) is 4.74 Å². The molecule has 7 atom stereocenters. The summed E-state index contributed by atoms with van der Waals surface area (Å²) >= 11 is 0. The maximum absolute atomic E-state index is 14.1. The molecule has 0 bridgehead atoms. The molecule has 0 aromatic carbocycles. The summed E-state index contributed by atoms with van der Waals surface area (Å²) in [5, 5.41) is 0. The summed E-state index contributed by atoms with van der Waals surface area (Å²) in [6, 6.07) is 0. The second kappa shape index (κ2) is 9.02. The van der Waals surface area contributed by atoms with Gasteiger partial charge in [-0.3, -0.25) is 9.59 Å². The molecule has 4 aliphatic rings. The van der Waals surface area contributed by atoms with Crippen molar-refractivity contribution in [2.45, 2.75) is 133 Å². The fraction of sp³-hybridized carbons (Fsp3) is 0.875. The molecule has 0 aromatic heterocycles. The lowest BCUT2D eigenvalue weighted by atomic mass is 9.43. The average molecular weight is 485 g/mol. The van der Waals surface area contributed by atoms with Crippen molar-refractivity contribution in [3.63, 3.8) is 0 Å². The normalized spacial score (nSPS) is 41.3. The topological polar surface area (TPSA) is 43.4 Å². The van der Waals surface area contributed by atoms with Crippen molar-refractivity contribution in [1.82, 2.24) is 0 Å². The van der Waals surface area contributed by atoms with Gasteiger partial charge in [-0.1, -0.05) is 80.2 Å². The van der Waals surface area contributed by atoms with Crippen molar-refractivity contribution >= 4 is 11.8 Å². The van der Waals surface area contributed by atoms with Gasteiger partial charge in [0.25, 0.3) is 0 Å². The first-order chi connectivity index (χ1) is 16.2. The molecule has 0 spiro atoms. The maximum atomic E-state index is 14.1. The van der Waals surface area contributed by atoms with Gasteiger partial charge in [-0.05, 0) is 73.0 Å². The number of ether oxygens (including phenoxy) is 1. The van der Waals surface area contributed by atoms with Gasteiger partial charge in [0.05, 0.1) is 0 Å². The lowest BCUT2D eigenvalue weighted by molar-refractivity contribution is -0.168. The first-order valence-electron chi connectivity index (χ1n) is 14.6. The fourth-order valence-corrected chi connectivity index (χ4v) is 9.75. The molecular formula is C32H52O3. The summed E-state index contributed by atoms with van der Waals surface area (Å²) in [6.45, 7) is 20.6. The molecule has 3 heteroatoms. The van der Waals surface area contributed by atoms with Crippen LogP contribution < -0.4 is 0 Å². The van der Waals surface area contributed by atoms with Crippen LogP contribution in [0.4, 0.5) is 0 Å². The third-order valence-corrected chi connectivity index (χ3v) is 12.0. The van der Waals surface area contributed by atoms with E-state index in [0.717, 1.165) is 37.5 Å². The van der Waals surface area contributed by atoms with E-state index in [1.54, 1.807) is 0 Å². The Balaban J connectivity index is 1.66. The summed E-state index contributed by atoms with van der Waals surface area (Å²) in [5.41, 5.74) is 2.78. The van der Waals surface area contributed by atoms with Crippen LogP contribution >= 0.6 is 0 Å². The quantitative estimate of drug-likeness (QED) is 0.356. The Morgan fingerprint density at radius 1 is 1.00 bits per heavy atom. The highest BCUT2D eigenvalue weighted by Crippen LogP contribution is 2.72. The molecule has 4 aliphatic carbocycles. The van der Waals surface area contributed by atoms with Gasteiger partial charge in [-0.2, -0.15) is 0 Å². The summed E-state index contributed by atoms with van der Waals surface area (Å²) < 4.78 is 5.80. The lowest BCUT2D eigenvalue weighted by Crippen LogP contribution is -2.57. The second-order valence-electron chi connectivity index (χ2n) is 14.6. The highest BCUT2D eigenvalue weighted by atomic mass is 16.5. The van der Waals surface area contributed by atoms with E-state index in [1.165, 1.54) is 50.2 Å². The van der Waals surface area contributed by atoms with Crippen LogP contribution in [-0.4, -0.2) is 17.9 Å². The van der Waals surface area contributed by atoms with Crippen molar-refractivity contribution in [3.05, 3.63) is 11.1 Å². The Morgan fingerprint density at radius 2 is 1.69 bits per heavy atom. The molecule has 3 nitrogen and oxygen atoms in total. The third-order valence-electron chi connectivity index (χ3n) is 12.0. The Kier molecular flexibility index (Phi) is 6.94. The third kappa shape index (κ3) is 4.06. The van der Waals surface area contributed by atoms with E-state index in [1.807, 2.05) is 0 Å². The molecule has 2 saturated carbocycles. The van der Waals surface area contributed by atoms with Gasteiger partial charge in [0, 0.05) is 29.7 Å². The smallest absolute Gasteiger partial charge is 0.302 e. The Labute approximate surface area is 215 Å². The Hall–Kier alpha value is -1.12. The highest BCUT2D eigenvalue weighted by molar-refractivity contribution is 5.99. The number of rotatable bonds is 6. The molecule has 0 aromatic rings. The predicted octanol–water partition coefficient (Wildman–Crippen LogP) is 8.31. The van der Waals surface area contributed by atoms with Crippen molar-refractivity contribution in [2.24, 2.45) is 45.3 Å². The zero-order chi connectivity index (χ0) is 26.0. The van der Waals surface area contributed by atoms with E-state index >= 15 is 0 Å². The van der Waals surface area contributed by atoms with Gasteiger partial charge in [0.15, 0.2) is 5.78 Å². The van der Waals surface area contributed by atoms with Gasteiger partial charge in [-0.25, -0.2) is 0 Å². The zero-order valence-electron chi connectivity index (χ0n) is 24.2. The van der Waals surface area contributed by atoms with Crippen LogP contribution in [0.5, 0.6) is 0 Å². The van der Waals surface area contributed by atoms with Gasteiger partial charge >= 0.3 is 5.97 Å². The minimum absolute atomic E-state index is 0.000499. The minimum Gasteiger partial charge on any atom is -0.462 e. The average Bonchev–Trinajstić information content (AvgIpc) is 3.02. The number of hydrogen-bond acceptors (Lipinski definition) is 3. The Bertz CT molecular complexity index is 896. The van der Waals surface area contributed by atoms with E-state index in [-0.39, 0.29) is 39.7 Å². The molecule has 2 fully saturated rings. The first kappa shape index (κ1) is 26.9. The summed E-state index contributed by atoms with van der Waals surface area (Å²) in [7, 11) is 0. The molecule has 0 heterocycles. The van der Waals surface area contributed by atoms with Gasteiger partial charge in [-0.15, -0.1) is 0 Å². The van der Waals surface area contributed by atoms with E-state index in [9.17, 15) is 9.59 Å². The second-order valence-corrected chi connectivity index (χ2v) is 14.6. The first-order valence-corrected chi connectivity index (χ1v) is 14.6. The summed E-state index contributed by atoms with van der Waals surface area (Å²) in [4.78, 5) is 25.9. The molecular weight excluding hydrogens is 432 g/mol. The molecule has 0 saturated heterocycles. The van der Waals surface area contributed by atoms with E-state index in [0.29, 0.717) is 18.1 Å².